The summed E-state index contributed by atoms with van der Waals surface area (Å²) >= 11 is 0. The van der Waals surface area contributed by atoms with Crippen LogP contribution in [-0.4, -0.2) is 9.97 Å². The van der Waals surface area contributed by atoms with Gasteiger partial charge in [0.2, 0.25) is 5.95 Å². The van der Waals surface area contributed by atoms with Gasteiger partial charge in [0.25, 0.3) is 0 Å². The number of aromatic nitrogens is 2. The molecule has 7 heteroatoms. The molecule has 7 nitrogen and oxygen atoms in total. The average molecular weight is 335 g/mol. The Kier molecular flexibility index (Phi) is 5.76. The van der Waals surface area contributed by atoms with Gasteiger partial charge in [0.15, 0.2) is 0 Å². The summed E-state index contributed by atoms with van der Waals surface area (Å²) < 4.78 is 0. The van der Waals surface area contributed by atoms with Gasteiger partial charge in [0.1, 0.15) is 11.6 Å². The molecule has 2 aromatic carbocycles. The van der Waals surface area contributed by atoms with E-state index in [1.165, 1.54) is 11.1 Å². The predicted octanol–water partition coefficient (Wildman–Crippen LogP) is 2.29. The Hall–Kier alpha value is -3.16. The van der Waals surface area contributed by atoms with Gasteiger partial charge < -0.3 is 16.6 Å². The van der Waals surface area contributed by atoms with Crippen LogP contribution in [0.15, 0.2) is 66.7 Å². The Balaban J connectivity index is 1.51. The van der Waals surface area contributed by atoms with Crippen LogP contribution in [0.4, 0.5) is 17.6 Å². The van der Waals surface area contributed by atoms with Crippen LogP contribution < -0.4 is 27.4 Å². The molecule has 3 rings (SSSR count). The molecule has 0 aliphatic rings. The van der Waals surface area contributed by atoms with E-state index in [4.69, 9.17) is 5.73 Å². The Morgan fingerprint density at radius 3 is 1.56 bits per heavy atom. The molecular weight excluding hydrogens is 314 g/mol. The lowest BCUT2D eigenvalue weighted by Crippen LogP contribution is -2.24. The van der Waals surface area contributed by atoms with Gasteiger partial charge in [-0.15, -0.1) is 0 Å². The zero-order valence-electron chi connectivity index (χ0n) is 13.7. The molecule has 1 aromatic heterocycles. The standard InChI is InChI=1S/C18H21N7/c19-18-22-16(24-20-12-14-7-3-1-4-8-14)11-17(23-18)25-21-13-15-9-5-2-6-10-15/h1-11,20-21H,12-13H2,(H4,19,22,23,24,25). The summed E-state index contributed by atoms with van der Waals surface area (Å²) in [6.07, 6.45) is 0. The molecule has 3 aromatic rings. The highest BCUT2D eigenvalue weighted by Crippen LogP contribution is 2.11. The van der Waals surface area contributed by atoms with E-state index in [-0.39, 0.29) is 5.95 Å². The molecule has 0 bridgehead atoms. The number of hydrogen-bond donors (Lipinski definition) is 5. The van der Waals surface area contributed by atoms with Gasteiger partial charge in [-0.1, -0.05) is 60.7 Å². The van der Waals surface area contributed by atoms with Gasteiger partial charge in [-0.3, -0.25) is 0 Å². The zero-order chi connectivity index (χ0) is 17.3. The molecule has 128 valence electrons. The Morgan fingerprint density at radius 2 is 1.12 bits per heavy atom. The number of nitrogens with two attached hydrogens (primary N) is 1. The minimum atomic E-state index is 0.190. The largest absolute Gasteiger partial charge is 0.368 e. The molecule has 1 heterocycles. The molecule has 25 heavy (non-hydrogen) atoms. The minimum Gasteiger partial charge on any atom is -0.368 e. The molecular formula is C18H21N7. The number of anilines is 3. The Morgan fingerprint density at radius 1 is 0.680 bits per heavy atom. The lowest BCUT2D eigenvalue weighted by Gasteiger charge is -2.11. The van der Waals surface area contributed by atoms with Crippen molar-refractivity contribution in [3.63, 3.8) is 0 Å². The molecule has 0 aliphatic heterocycles. The molecule has 0 spiro atoms. The van der Waals surface area contributed by atoms with E-state index in [1.807, 2.05) is 60.7 Å². The lowest BCUT2D eigenvalue weighted by atomic mass is 10.2. The van der Waals surface area contributed by atoms with E-state index in [2.05, 4.69) is 31.7 Å². The molecule has 0 saturated carbocycles. The van der Waals surface area contributed by atoms with Crippen LogP contribution in [0.5, 0.6) is 0 Å². The molecule has 0 atom stereocenters. The average Bonchev–Trinajstić information content (AvgIpc) is 2.63. The van der Waals surface area contributed by atoms with Crippen molar-refractivity contribution < 1.29 is 0 Å². The molecule has 0 radical (unpaired) electrons. The SMILES string of the molecule is Nc1nc(NNCc2ccccc2)cc(NNCc2ccccc2)n1. The highest BCUT2D eigenvalue weighted by Gasteiger charge is 2.02. The van der Waals surface area contributed by atoms with Gasteiger partial charge >= 0.3 is 0 Å². The van der Waals surface area contributed by atoms with Crippen LogP contribution in [-0.2, 0) is 13.1 Å². The first kappa shape index (κ1) is 16.7. The zero-order valence-corrected chi connectivity index (χ0v) is 13.7. The van der Waals surface area contributed by atoms with Crippen molar-refractivity contribution in [3.05, 3.63) is 77.9 Å². The summed E-state index contributed by atoms with van der Waals surface area (Å²) in [6, 6.07) is 21.9. The van der Waals surface area contributed by atoms with Crippen molar-refractivity contribution in [2.24, 2.45) is 0 Å². The molecule has 0 fully saturated rings. The second-order valence-corrected chi connectivity index (χ2v) is 5.42. The quantitative estimate of drug-likeness (QED) is 0.403. The summed E-state index contributed by atoms with van der Waals surface area (Å²) in [5.74, 6) is 1.37. The normalized spacial score (nSPS) is 10.4. The number of hydrazine groups is 2. The van der Waals surface area contributed by atoms with Crippen molar-refractivity contribution in [1.29, 1.82) is 0 Å². The molecule has 0 unspecified atom stereocenters. The van der Waals surface area contributed by atoms with E-state index in [0.29, 0.717) is 24.7 Å². The summed E-state index contributed by atoms with van der Waals surface area (Å²) in [7, 11) is 0. The first-order valence-electron chi connectivity index (χ1n) is 8.00. The third kappa shape index (κ3) is 5.45. The topological polar surface area (TPSA) is 99.9 Å². The van der Waals surface area contributed by atoms with Gasteiger partial charge in [0, 0.05) is 19.2 Å². The second-order valence-electron chi connectivity index (χ2n) is 5.42. The molecule has 0 amide bonds. The maximum atomic E-state index is 5.77. The second kappa shape index (κ2) is 8.62. The van der Waals surface area contributed by atoms with Crippen molar-refractivity contribution in [2.45, 2.75) is 13.1 Å². The summed E-state index contributed by atoms with van der Waals surface area (Å²) in [5.41, 5.74) is 20.4. The van der Waals surface area contributed by atoms with E-state index in [0.717, 1.165) is 0 Å². The monoisotopic (exact) mass is 335 g/mol. The Bertz CT molecular complexity index is 714. The van der Waals surface area contributed by atoms with E-state index < -0.39 is 0 Å². The first-order valence-corrected chi connectivity index (χ1v) is 8.00. The van der Waals surface area contributed by atoms with Gasteiger partial charge in [-0.25, -0.2) is 10.9 Å². The number of benzene rings is 2. The molecule has 0 aliphatic carbocycles. The number of nitrogens with one attached hydrogen (secondary N) is 4. The van der Waals surface area contributed by atoms with Crippen molar-refractivity contribution in [1.82, 2.24) is 20.8 Å². The molecule has 0 saturated heterocycles. The fraction of sp³-hybridized carbons (Fsp3) is 0.111. The minimum absolute atomic E-state index is 0.190. The maximum Gasteiger partial charge on any atom is 0.224 e. The van der Waals surface area contributed by atoms with Crippen LogP contribution in [0.1, 0.15) is 11.1 Å². The number of rotatable bonds is 8. The third-order valence-electron chi connectivity index (χ3n) is 3.45. The van der Waals surface area contributed by atoms with Crippen LogP contribution in [0, 0.1) is 0 Å². The number of hydrogen-bond acceptors (Lipinski definition) is 7. The first-order chi connectivity index (χ1) is 12.3. The fourth-order valence-corrected chi connectivity index (χ4v) is 2.26. The summed E-state index contributed by atoms with van der Waals surface area (Å²) in [6.45, 7) is 1.33. The van der Waals surface area contributed by atoms with Crippen LogP contribution in [0.2, 0.25) is 0 Å². The third-order valence-corrected chi connectivity index (χ3v) is 3.45. The summed E-state index contributed by atoms with van der Waals surface area (Å²) in [5, 5.41) is 0. The highest BCUT2D eigenvalue weighted by molar-refractivity contribution is 5.50. The van der Waals surface area contributed by atoms with Crippen LogP contribution in [0.3, 0.4) is 0 Å². The smallest absolute Gasteiger partial charge is 0.224 e. The van der Waals surface area contributed by atoms with E-state index in [1.54, 1.807) is 6.07 Å². The lowest BCUT2D eigenvalue weighted by molar-refractivity contribution is 0.785. The van der Waals surface area contributed by atoms with Crippen LogP contribution in [0.25, 0.3) is 0 Å². The number of nitrogens with zero attached hydrogens (tertiary/aromatic N) is 2. The summed E-state index contributed by atoms with van der Waals surface area (Å²) in [4.78, 5) is 8.31. The van der Waals surface area contributed by atoms with Gasteiger partial charge in [-0.2, -0.15) is 9.97 Å². The molecule has 6 N–H and O–H groups in total. The van der Waals surface area contributed by atoms with Crippen molar-refractivity contribution in [2.75, 3.05) is 16.6 Å². The maximum absolute atomic E-state index is 5.77. The van der Waals surface area contributed by atoms with Crippen molar-refractivity contribution >= 4 is 17.6 Å². The fourth-order valence-electron chi connectivity index (χ4n) is 2.26. The predicted molar refractivity (Wildman–Crippen MR) is 100 cm³/mol. The van der Waals surface area contributed by atoms with E-state index in [9.17, 15) is 0 Å². The van der Waals surface area contributed by atoms with Crippen molar-refractivity contribution in [3.8, 4) is 0 Å². The Labute approximate surface area is 146 Å². The number of nitrogen functional groups attached to an aromatic ring is 1. The highest BCUT2D eigenvalue weighted by atomic mass is 15.4. The van der Waals surface area contributed by atoms with Crippen LogP contribution >= 0.6 is 0 Å². The van der Waals surface area contributed by atoms with E-state index >= 15 is 0 Å². The van der Waals surface area contributed by atoms with Gasteiger partial charge in [-0.05, 0) is 11.1 Å². The van der Waals surface area contributed by atoms with Gasteiger partial charge in [0.05, 0.1) is 0 Å².